The Hall–Kier alpha value is -3.46. The van der Waals surface area contributed by atoms with Crippen molar-refractivity contribution in [1.29, 1.82) is 0 Å². The molecule has 0 bridgehead atoms. The van der Waals surface area contributed by atoms with Crippen molar-refractivity contribution in [2.24, 2.45) is 5.92 Å². The normalized spacial score (nSPS) is 17.5. The van der Waals surface area contributed by atoms with E-state index in [1.807, 2.05) is 24.3 Å². The molecule has 37 heavy (non-hydrogen) atoms. The minimum Gasteiger partial charge on any atom is -0.351 e. The third kappa shape index (κ3) is 5.93. The van der Waals surface area contributed by atoms with Crippen LogP contribution in [0.25, 0.3) is 0 Å². The molecule has 0 radical (unpaired) electrons. The van der Waals surface area contributed by atoms with Crippen LogP contribution in [0, 0.1) is 5.92 Å². The number of rotatable bonds is 6. The van der Waals surface area contributed by atoms with E-state index < -0.39 is 15.9 Å². The number of amides is 1. The van der Waals surface area contributed by atoms with Gasteiger partial charge in [-0.15, -0.1) is 0 Å². The van der Waals surface area contributed by atoms with Gasteiger partial charge in [-0.3, -0.25) is 4.79 Å². The van der Waals surface area contributed by atoms with E-state index in [2.05, 4.69) is 66.4 Å². The fourth-order valence-electron chi connectivity index (χ4n) is 4.82. The smallest absolute Gasteiger partial charge is 0.281 e. The van der Waals surface area contributed by atoms with Crippen molar-refractivity contribution in [3.05, 3.63) is 71.9 Å². The molecule has 2 N–H and O–H groups in total. The number of carbonyl (C=O) groups is 1. The number of carbonyl (C=O) groups excluding carboxylic acids is 1. The Kier molecular flexibility index (Phi) is 7.03. The first-order valence-electron chi connectivity index (χ1n) is 12.4. The third-order valence-corrected chi connectivity index (χ3v) is 7.82. The molecule has 0 aliphatic carbocycles. The van der Waals surface area contributed by atoms with E-state index in [0.717, 1.165) is 24.2 Å². The lowest BCUT2D eigenvalue weighted by Crippen LogP contribution is -2.41. The van der Waals surface area contributed by atoms with E-state index >= 15 is 0 Å². The summed E-state index contributed by atoms with van der Waals surface area (Å²) in [7, 11) is -4.23. The minimum atomic E-state index is -4.23. The van der Waals surface area contributed by atoms with Gasteiger partial charge < -0.3 is 10.2 Å². The molecule has 1 unspecified atom stereocenters. The van der Waals surface area contributed by atoms with Crippen LogP contribution in [-0.4, -0.2) is 36.4 Å². The Labute approximate surface area is 219 Å². The molecule has 0 spiro atoms. The lowest BCUT2D eigenvalue weighted by atomic mass is 9.87. The molecule has 1 amide bonds. The first kappa shape index (κ1) is 26.6. The van der Waals surface area contributed by atoms with Crippen LogP contribution in [0.4, 0.5) is 17.3 Å². The van der Waals surface area contributed by atoms with Crippen LogP contribution in [0.3, 0.4) is 0 Å². The molecule has 4 rings (SSSR count). The van der Waals surface area contributed by atoms with E-state index in [-0.39, 0.29) is 21.5 Å². The summed E-state index contributed by atoms with van der Waals surface area (Å²) in [4.78, 5) is 24.0. The van der Waals surface area contributed by atoms with E-state index in [1.54, 1.807) is 30.5 Å². The van der Waals surface area contributed by atoms with Gasteiger partial charge in [0.05, 0.1) is 5.56 Å². The highest BCUT2D eigenvalue weighted by atomic mass is 32.2. The number of hydrogen-bond acceptors (Lipinski definition) is 7. The van der Waals surface area contributed by atoms with Crippen LogP contribution < -0.4 is 14.9 Å². The average molecular weight is 522 g/mol. The molecule has 1 aliphatic rings. The summed E-state index contributed by atoms with van der Waals surface area (Å²) in [6, 6.07) is 15.8. The first-order chi connectivity index (χ1) is 17.3. The van der Waals surface area contributed by atoms with E-state index in [1.165, 1.54) is 6.07 Å². The number of anilines is 3. The highest BCUT2D eigenvalue weighted by molar-refractivity contribution is 7.90. The molecule has 0 saturated carbocycles. The maximum atomic E-state index is 13.2. The maximum Gasteiger partial charge on any atom is 0.281 e. The SMILES string of the molecule is CC1CN(c2ncccc2C(=O)NS(=O)(=O)c2cccc(Nc3cccc(C(C)(C)C)c3)n2)C(C)(C)C1. The molecule has 196 valence electrons. The van der Waals surface area contributed by atoms with Gasteiger partial charge in [0.25, 0.3) is 15.9 Å². The van der Waals surface area contributed by atoms with Crippen molar-refractivity contribution in [3.8, 4) is 0 Å². The maximum absolute atomic E-state index is 13.2. The zero-order chi connectivity index (χ0) is 27.0. The summed E-state index contributed by atoms with van der Waals surface area (Å²) in [5.41, 5.74) is 1.90. The Bertz CT molecular complexity index is 1410. The lowest BCUT2D eigenvalue weighted by molar-refractivity contribution is 0.0981. The molecule has 2 aromatic heterocycles. The lowest BCUT2D eigenvalue weighted by Gasteiger charge is -2.33. The molecule has 9 heteroatoms. The van der Waals surface area contributed by atoms with Crippen molar-refractivity contribution >= 4 is 33.3 Å². The first-order valence-corrected chi connectivity index (χ1v) is 13.9. The molecule has 3 aromatic rings. The Balaban J connectivity index is 1.56. The summed E-state index contributed by atoms with van der Waals surface area (Å²) in [6.45, 7) is 13.5. The zero-order valence-electron chi connectivity index (χ0n) is 22.2. The van der Waals surface area contributed by atoms with Gasteiger partial charge in [0.2, 0.25) is 0 Å². The van der Waals surface area contributed by atoms with Gasteiger partial charge in [0, 0.05) is 24.0 Å². The molecule has 1 aliphatic heterocycles. The Morgan fingerprint density at radius 1 is 1.08 bits per heavy atom. The van der Waals surface area contributed by atoms with Crippen LogP contribution in [0.1, 0.15) is 63.9 Å². The van der Waals surface area contributed by atoms with Gasteiger partial charge in [-0.2, -0.15) is 8.42 Å². The van der Waals surface area contributed by atoms with Gasteiger partial charge in [0.1, 0.15) is 11.6 Å². The third-order valence-electron chi connectivity index (χ3n) is 6.59. The minimum absolute atomic E-state index is 0.0337. The number of hydrogen-bond donors (Lipinski definition) is 2. The molecule has 1 aromatic carbocycles. The second-order valence-corrected chi connectivity index (χ2v) is 13.0. The van der Waals surface area contributed by atoms with Crippen LogP contribution in [0.15, 0.2) is 65.8 Å². The number of sulfonamides is 1. The topological polar surface area (TPSA) is 104 Å². The molecule has 1 atom stereocenters. The van der Waals surface area contributed by atoms with Crippen molar-refractivity contribution in [3.63, 3.8) is 0 Å². The van der Waals surface area contributed by atoms with E-state index in [9.17, 15) is 13.2 Å². The van der Waals surface area contributed by atoms with Gasteiger partial charge >= 0.3 is 0 Å². The Morgan fingerprint density at radius 3 is 2.49 bits per heavy atom. The van der Waals surface area contributed by atoms with Crippen LogP contribution in [0.5, 0.6) is 0 Å². The second-order valence-electron chi connectivity index (χ2n) is 11.4. The standard InChI is InChI=1S/C28H35N5O3S/c1-19-17-28(5,6)33(18-19)25-22(12-9-15-29-25)26(34)32-37(35,36)24-14-8-13-23(31-24)30-21-11-7-10-20(16-21)27(2,3)4/h7-16,19H,17-18H2,1-6H3,(H,30,31)(H,32,34). The predicted molar refractivity (Wildman–Crippen MR) is 147 cm³/mol. The molecule has 3 heterocycles. The molecular weight excluding hydrogens is 486 g/mol. The summed E-state index contributed by atoms with van der Waals surface area (Å²) in [6.07, 6.45) is 2.57. The van der Waals surface area contributed by atoms with Crippen molar-refractivity contribution in [2.45, 2.75) is 63.9 Å². The van der Waals surface area contributed by atoms with Gasteiger partial charge in [-0.1, -0.05) is 45.9 Å². The summed E-state index contributed by atoms with van der Waals surface area (Å²) in [5, 5.41) is 2.92. The summed E-state index contributed by atoms with van der Waals surface area (Å²) in [5.74, 6) is 0.527. The molecule has 1 fully saturated rings. The predicted octanol–water partition coefficient (Wildman–Crippen LogP) is 5.26. The largest absolute Gasteiger partial charge is 0.351 e. The van der Waals surface area contributed by atoms with E-state index in [4.69, 9.17) is 0 Å². The molecular formula is C28H35N5O3S. The van der Waals surface area contributed by atoms with Crippen molar-refractivity contribution in [1.82, 2.24) is 14.7 Å². The quantitative estimate of drug-likeness (QED) is 0.456. The Morgan fingerprint density at radius 2 is 1.81 bits per heavy atom. The highest BCUT2D eigenvalue weighted by Crippen LogP contribution is 2.37. The zero-order valence-corrected chi connectivity index (χ0v) is 23.1. The van der Waals surface area contributed by atoms with E-state index in [0.29, 0.717) is 17.6 Å². The van der Waals surface area contributed by atoms with Gasteiger partial charge in [-0.25, -0.2) is 14.7 Å². The molecule has 1 saturated heterocycles. The number of aromatic nitrogens is 2. The number of pyridine rings is 2. The fourth-order valence-corrected chi connectivity index (χ4v) is 5.76. The van der Waals surface area contributed by atoms with Crippen LogP contribution in [-0.2, 0) is 15.4 Å². The second kappa shape index (κ2) is 9.78. The number of nitrogens with zero attached hydrogens (tertiary/aromatic N) is 3. The highest BCUT2D eigenvalue weighted by Gasteiger charge is 2.39. The fraction of sp³-hybridized carbons (Fsp3) is 0.393. The monoisotopic (exact) mass is 521 g/mol. The van der Waals surface area contributed by atoms with Crippen molar-refractivity contribution < 1.29 is 13.2 Å². The summed E-state index contributed by atoms with van der Waals surface area (Å²) >= 11 is 0. The van der Waals surface area contributed by atoms with Gasteiger partial charge in [-0.05, 0) is 73.6 Å². The number of nitrogens with one attached hydrogen (secondary N) is 2. The van der Waals surface area contributed by atoms with Gasteiger partial charge in [0.15, 0.2) is 5.03 Å². The van der Waals surface area contributed by atoms with Crippen molar-refractivity contribution in [2.75, 3.05) is 16.8 Å². The van der Waals surface area contributed by atoms with Crippen LogP contribution >= 0.6 is 0 Å². The van der Waals surface area contributed by atoms with Crippen LogP contribution in [0.2, 0.25) is 0 Å². The molecule has 8 nitrogen and oxygen atoms in total. The number of benzene rings is 1. The average Bonchev–Trinajstić information content (AvgIpc) is 3.10. The summed E-state index contributed by atoms with van der Waals surface area (Å²) < 4.78 is 28.5.